The van der Waals surface area contributed by atoms with E-state index in [1.165, 1.54) is 0 Å². The van der Waals surface area contributed by atoms with E-state index in [-0.39, 0.29) is 36.2 Å². The maximum absolute atomic E-state index is 12.0. The summed E-state index contributed by atoms with van der Waals surface area (Å²) < 4.78 is 15.8. The molecule has 2 bridgehead atoms. The van der Waals surface area contributed by atoms with Gasteiger partial charge in [-0.25, -0.2) is 0 Å². The number of hydrogen-bond donors (Lipinski definition) is 1. The first kappa shape index (κ1) is 11.9. The SMILES string of the molecule is CCOC(=O)[C@H]1[C@@H]2O[C@@H]([C@H]3N[C@H]32)[C@@H]1C(=O)OCC. The molecule has 0 radical (unpaired) electrons. The minimum absolute atomic E-state index is 0.204. The highest BCUT2D eigenvalue weighted by Crippen LogP contribution is 2.50. The Hall–Kier alpha value is -1.14. The zero-order chi connectivity index (χ0) is 12.9. The Labute approximate surface area is 105 Å². The van der Waals surface area contributed by atoms with E-state index in [2.05, 4.69) is 5.32 Å². The molecule has 0 aromatic rings. The smallest absolute Gasteiger partial charge is 0.312 e. The Balaban J connectivity index is 1.80. The van der Waals surface area contributed by atoms with Crippen molar-refractivity contribution in [3.8, 4) is 0 Å². The van der Waals surface area contributed by atoms with Crippen LogP contribution < -0.4 is 5.32 Å². The molecular formula is C12H17NO5. The van der Waals surface area contributed by atoms with Gasteiger partial charge in [-0.15, -0.1) is 0 Å². The summed E-state index contributed by atoms with van der Waals surface area (Å²) in [5, 5.41) is 3.24. The van der Waals surface area contributed by atoms with E-state index in [0.29, 0.717) is 13.2 Å². The summed E-state index contributed by atoms with van der Waals surface area (Å²) in [6.45, 7) is 4.13. The number of hydrogen-bond acceptors (Lipinski definition) is 6. The van der Waals surface area contributed by atoms with Crippen LogP contribution in [0.1, 0.15) is 13.8 Å². The third-order valence-corrected chi connectivity index (χ3v) is 3.90. The van der Waals surface area contributed by atoms with E-state index in [1.807, 2.05) is 0 Å². The second-order valence-electron chi connectivity index (χ2n) is 4.84. The molecule has 0 aromatic heterocycles. The summed E-state index contributed by atoms with van der Waals surface area (Å²) in [7, 11) is 0. The third-order valence-electron chi connectivity index (χ3n) is 3.90. The Bertz CT molecular complexity index is 351. The Morgan fingerprint density at radius 2 is 1.44 bits per heavy atom. The highest BCUT2D eigenvalue weighted by molar-refractivity contribution is 5.85. The molecule has 3 rings (SSSR count). The molecule has 6 nitrogen and oxygen atoms in total. The topological polar surface area (TPSA) is 83.8 Å². The van der Waals surface area contributed by atoms with E-state index < -0.39 is 11.8 Å². The van der Waals surface area contributed by atoms with Gasteiger partial charge in [0, 0.05) is 0 Å². The molecule has 100 valence electrons. The molecule has 3 saturated heterocycles. The van der Waals surface area contributed by atoms with Crippen molar-refractivity contribution >= 4 is 11.9 Å². The van der Waals surface area contributed by atoms with Gasteiger partial charge in [-0.05, 0) is 13.8 Å². The van der Waals surface area contributed by atoms with Crippen molar-refractivity contribution in [2.45, 2.75) is 38.1 Å². The van der Waals surface area contributed by atoms with Gasteiger partial charge in [-0.3, -0.25) is 9.59 Å². The summed E-state index contributed by atoms with van der Waals surface area (Å²) in [5.41, 5.74) is 0. The maximum Gasteiger partial charge on any atom is 0.312 e. The molecule has 0 unspecified atom stereocenters. The molecule has 3 heterocycles. The van der Waals surface area contributed by atoms with Crippen LogP contribution in [0.3, 0.4) is 0 Å². The first-order chi connectivity index (χ1) is 8.69. The van der Waals surface area contributed by atoms with Crippen molar-refractivity contribution in [1.82, 2.24) is 5.32 Å². The number of morpholine rings is 1. The third kappa shape index (κ3) is 1.55. The maximum atomic E-state index is 12.0. The summed E-state index contributed by atoms with van der Waals surface area (Å²) >= 11 is 0. The molecule has 0 aliphatic carbocycles. The summed E-state index contributed by atoms with van der Waals surface area (Å²) in [4.78, 5) is 24.0. The fraction of sp³-hybridized carbons (Fsp3) is 0.833. The van der Waals surface area contributed by atoms with Crippen molar-refractivity contribution in [1.29, 1.82) is 0 Å². The highest BCUT2D eigenvalue weighted by atomic mass is 16.6. The Kier molecular flexibility index (Phi) is 2.79. The molecule has 1 N–H and O–H groups in total. The fourth-order valence-electron chi connectivity index (χ4n) is 3.18. The van der Waals surface area contributed by atoms with Crippen LogP contribution in [0.5, 0.6) is 0 Å². The number of carbonyl (C=O) groups is 2. The average Bonchev–Trinajstić information content (AvgIpc) is 2.95. The normalized spacial score (nSPS) is 43.4. The lowest BCUT2D eigenvalue weighted by Gasteiger charge is -2.23. The summed E-state index contributed by atoms with van der Waals surface area (Å²) in [6.07, 6.45) is -0.484. The lowest BCUT2D eigenvalue weighted by Crippen LogP contribution is -2.43. The molecule has 6 heteroatoms. The summed E-state index contributed by atoms with van der Waals surface area (Å²) in [5.74, 6) is -1.75. The fourth-order valence-corrected chi connectivity index (χ4v) is 3.18. The van der Waals surface area contributed by atoms with Gasteiger partial charge in [0.15, 0.2) is 0 Å². The Morgan fingerprint density at radius 1 is 1.00 bits per heavy atom. The van der Waals surface area contributed by atoms with Crippen LogP contribution in [-0.4, -0.2) is 49.4 Å². The van der Waals surface area contributed by atoms with Gasteiger partial charge in [0.1, 0.15) is 11.8 Å². The van der Waals surface area contributed by atoms with E-state index in [1.54, 1.807) is 13.8 Å². The quantitative estimate of drug-likeness (QED) is 0.537. The minimum atomic E-state index is -0.523. The van der Waals surface area contributed by atoms with Crippen molar-refractivity contribution in [2.75, 3.05) is 13.2 Å². The molecule has 3 fully saturated rings. The van der Waals surface area contributed by atoms with Crippen molar-refractivity contribution in [3.63, 3.8) is 0 Å². The average molecular weight is 255 g/mol. The van der Waals surface area contributed by atoms with E-state index in [9.17, 15) is 9.59 Å². The standard InChI is InChI=1S/C12H17NO5/c1-3-16-11(14)5-6(12(15)17-4-2)10-8-7(13-8)9(5)18-10/h5-10,13H,3-4H2,1-2H3/t5-,6-,7-,8+,9+,10-/m1/s1. The largest absolute Gasteiger partial charge is 0.466 e. The number of ether oxygens (including phenoxy) is 3. The van der Waals surface area contributed by atoms with Gasteiger partial charge >= 0.3 is 11.9 Å². The van der Waals surface area contributed by atoms with Crippen LogP contribution in [-0.2, 0) is 23.8 Å². The highest BCUT2D eigenvalue weighted by Gasteiger charge is 2.71. The van der Waals surface area contributed by atoms with Crippen LogP contribution in [0.4, 0.5) is 0 Å². The molecule has 6 atom stereocenters. The van der Waals surface area contributed by atoms with Gasteiger partial charge in [0.05, 0.1) is 37.5 Å². The van der Waals surface area contributed by atoms with Crippen molar-refractivity contribution in [2.24, 2.45) is 11.8 Å². The van der Waals surface area contributed by atoms with Crippen LogP contribution in [0.25, 0.3) is 0 Å². The van der Waals surface area contributed by atoms with Crippen LogP contribution in [0.15, 0.2) is 0 Å². The summed E-state index contributed by atoms with van der Waals surface area (Å²) in [6, 6.07) is 0.408. The zero-order valence-corrected chi connectivity index (χ0v) is 10.4. The molecule has 0 spiro atoms. The van der Waals surface area contributed by atoms with Gasteiger partial charge < -0.3 is 19.5 Å². The van der Waals surface area contributed by atoms with E-state index >= 15 is 0 Å². The van der Waals surface area contributed by atoms with E-state index in [4.69, 9.17) is 14.2 Å². The first-order valence-electron chi connectivity index (χ1n) is 6.43. The Morgan fingerprint density at radius 3 is 1.83 bits per heavy atom. The molecule has 18 heavy (non-hydrogen) atoms. The first-order valence-corrected chi connectivity index (χ1v) is 6.43. The second kappa shape index (κ2) is 4.20. The number of esters is 2. The van der Waals surface area contributed by atoms with Gasteiger partial charge in [0.25, 0.3) is 0 Å². The number of rotatable bonds is 4. The molecule has 3 aliphatic heterocycles. The van der Waals surface area contributed by atoms with Crippen molar-refractivity contribution < 1.29 is 23.8 Å². The van der Waals surface area contributed by atoms with Gasteiger partial charge in [0.2, 0.25) is 0 Å². The zero-order valence-electron chi connectivity index (χ0n) is 10.4. The molecule has 3 aliphatic rings. The van der Waals surface area contributed by atoms with Crippen LogP contribution >= 0.6 is 0 Å². The lowest BCUT2D eigenvalue weighted by molar-refractivity contribution is -0.160. The van der Waals surface area contributed by atoms with E-state index in [0.717, 1.165) is 0 Å². The van der Waals surface area contributed by atoms with Gasteiger partial charge in [-0.1, -0.05) is 0 Å². The van der Waals surface area contributed by atoms with Crippen LogP contribution in [0.2, 0.25) is 0 Å². The lowest BCUT2D eigenvalue weighted by atomic mass is 9.79. The van der Waals surface area contributed by atoms with Gasteiger partial charge in [-0.2, -0.15) is 0 Å². The van der Waals surface area contributed by atoms with Crippen molar-refractivity contribution in [3.05, 3.63) is 0 Å². The monoisotopic (exact) mass is 255 g/mol. The number of fused-ring (bicyclic) bond motifs is 5. The predicted molar refractivity (Wildman–Crippen MR) is 59.6 cm³/mol. The second-order valence-corrected chi connectivity index (χ2v) is 4.84. The number of nitrogens with one attached hydrogen (secondary N) is 1. The number of carbonyl (C=O) groups excluding carboxylic acids is 2. The minimum Gasteiger partial charge on any atom is -0.466 e. The molecular weight excluding hydrogens is 238 g/mol. The molecule has 0 aromatic carbocycles. The van der Waals surface area contributed by atoms with Crippen LogP contribution in [0, 0.1) is 11.8 Å². The molecule has 0 saturated carbocycles. The molecule has 0 amide bonds. The predicted octanol–water partition coefficient (Wildman–Crippen LogP) is -0.534.